The summed E-state index contributed by atoms with van der Waals surface area (Å²) in [6.45, 7) is 6.89. The van der Waals surface area contributed by atoms with E-state index in [9.17, 15) is 9.59 Å². The molecule has 6 rings (SSSR count). The van der Waals surface area contributed by atoms with Crippen LogP contribution in [0.25, 0.3) is 0 Å². The molecular weight excluding hydrogens is 716 g/mol. The van der Waals surface area contributed by atoms with Gasteiger partial charge in [0.1, 0.15) is 0 Å². The van der Waals surface area contributed by atoms with Gasteiger partial charge in [0.25, 0.3) is 0 Å². The predicted molar refractivity (Wildman–Crippen MR) is 212 cm³/mol. The van der Waals surface area contributed by atoms with Crippen LogP contribution in [0.1, 0.15) is 220 Å². The van der Waals surface area contributed by atoms with E-state index >= 15 is 0 Å². The molecule has 6 aliphatic rings. The summed E-state index contributed by atoms with van der Waals surface area (Å²) in [6, 6.07) is 0. The van der Waals surface area contributed by atoms with Gasteiger partial charge in [-0.05, 0) is 60.9 Å². The summed E-state index contributed by atoms with van der Waals surface area (Å²) in [6.07, 6.45) is 41.5. The predicted octanol–water partition coefficient (Wildman–Crippen LogP) is 12.6. The smallest absolute Gasteiger partial charge is 0.197 e. The van der Waals surface area contributed by atoms with E-state index in [2.05, 4.69) is 0 Å². The average molecular weight is 801 g/mol. The summed E-state index contributed by atoms with van der Waals surface area (Å²) in [5.74, 6) is 0. The molecule has 0 aromatic rings. The van der Waals surface area contributed by atoms with Crippen molar-refractivity contribution in [3.05, 3.63) is 0 Å². The summed E-state index contributed by atoms with van der Waals surface area (Å²) < 4.78 is 0. The topological polar surface area (TPSA) is 80.9 Å². The van der Waals surface area contributed by atoms with Crippen LogP contribution in [-0.2, 0) is 26.2 Å². The molecule has 6 saturated carbocycles. The van der Waals surface area contributed by atoms with Gasteiger partial charge in [0, 0.05) is 38.4 Å². The summed E-state index contributed by atoms with van der Waals surface area (Å²) in [5.41, 5.74) is 4.60. The van der Waals surface area contributed by atoms with Gasteiger partial charge in [-0.1, -0.05) is 193 Å². The molecule has 0 unspecified atom stereocenters. The van der Waals surface area contributed by atoms with Crippen molar-refractivity contribution in [3.63, 3.8) is 0 Å². The van der Waals surface area contributed by atoms with Gasteiger partial charge in [-0.25, -0.2) is 0 Å². The summed E-state index contributed by atoms with van der Waals surface area (Å²) in [5, 5.41) is 16.1. The van der Waals surface area contributed by atoms with Crippen LogP contribution in [0.15, 0.2) is 0 Å². The first-order valence-corrected chi connectivity index (χ1v) is 26.3. The largest absolute Gasteiger partial charge is 0.431 e. The molecule has 7 heteroatoms. The Hall–Kier alpha value is 1.16. The van der Waals surface area contributed by atoms with Gasteiger partial charge in [-0.2, -0.15) is 0 Å². The third-order valence-electron chi connectivity index (χ3n) is 13.6. The molecule has 288 valence electrons. The van der Waals surface area contributed by atoms with E-state index in [1.165, 1.54) is 193 Å². The summed E-state index contributed by atoms with van der Waals surface area (Å²) in [7, 11) is -4.09. The minimum Gasteiger partial charge on any atom is -0.431 e. The normalized spacial score (nSPS) is 24.9. The van der Waals surface area contributed by atoms with Crippen molar-refractivity contribution < 1.29 is 46.0 Å². The molecule has 0 aliphatic heterocycles. The Kier molecular flexibility index (Phi) is 23.9. The van der Waals surface area contributed by atoms with Crippen molar-refractivity contribution in [2.75, 3.05) is 0 Å². The first-order chi connectivity index (χ1) is 23.1. The fourth-order valence-electron chi connectivity index (χ4n) is 11.4. The molecule has 0 heterocycles. The van der Waals surface area contributed by atoms with Crippen LogP contribution in [-0.4, -0.2) is 48.6 Å². The molecule has 0 aromatic carbocycles. The number of hydrogen-bond donors (Lipinski definition) is 4. The maximum Gasteiger partial charge on any atom is 0.197 e. The van der Waals surface area contributed by atoms with E-state index in [0.717, 1.165) is 33.2 Å². The summed E-state index contributed by atoms with van der Waals surface area (Å²) >= 11 is 0. The maximum absolute atomic E-state index is 12.0. The first kappa shape index (κ1) is 46.3. The fraction of sp³-hybridized carbons (Fsp3) is 1.00. The van der Waals surface area contributed by atoms with Crippen LogP contribution in [0.4, 0.5) is 0 Å². The van der Waals surface area contributed by atoms with Gasteiger partial charge in [0.2, 0.25) is 0 Å². The maximum atomic E-state index is 12.0. The van der Waals surface area contributed by atoms with Crippen molar-refractivity contribution in [1.29, 1.82) is 0 Å². The Morgan fingerprint density at radius 1 is 0.306 bits per heavy atom. The van der Waals surface area contributed by atoms with E-state index in [4.69, 9.17) is 10.2 Å². The Labute approximate surface area is 326 Å². The zero-order valence-electron chi connectivity index (χ0n) is 33.1. The van der Waals surface area contributed by atoms with Crippen LogP contribution in [0.2, 0.25) is 33.2 Å². The van der Waals surface area contributed by atoms with E-state index in [-0.39, 0.29) is 38.4 Å². The molecule has 4 N–H and O–H groups in total. The average Bonchev–Trinajstić information content (AvgIpc) is 3.13. The van der Waals surface area contributed by atoms with Gasteiger partial charge in [-0.15, -0.1) is 0 Å². The van der Waals surface area contributed by atoms with Crippen molar-refractivity contribution in [2.24, 2.45) is 0 Å². The second-order valence-corrected chi connectivity index (χ2v) is 26.4. The molecule has 0 aromatic heterocycles. The number of aliphatic hydroxyl groups is 2. The van der Waals surface area contributed by atoms with Crippen LogP contribution < -0.4 is 0 Å². The molecule has 0 atom stereocenters. The minimum absolute atomic E-state index is 0. The molecule has 0 radical (unpaired) electrons. The van der Waals surface area contributed by atoms with Gasteiger partial charge < -0.3 is 19.8 Å². The van der Waals surface area contributed by atoms with Crippen molar-refractivity contribution in [1.82, 2.24) is 0 Å². The van der Waals surface area contributed by atoms with E-state index < -0.39 is 16.6 Å². The van der Waals surface area contributed by atoms with Crippen molar-refractivity contribution >= 4 is 16.6 Å². The third-order valence-corrected chi connectivity index (χ3v) is 24.9. The molecule has 4 nitrogen and oxygen atoms in total. The SMILES string of the molecule is CC(C)O.CC(C)O.O[Si](C1CCCCC1)(C1CCCCC1)C1CCCCC1.O[Si](C1CCCCC1)(C1CCCCC1)C1CCCCC1.[Zr]. The molecule has 0 amide bonds. The van der Waals surface area contributed by atoms with E-state index in [1.54, 1.807) is 27.7 Å². The zero-order chi connectivity index (χ0) is 34.8. The Morgan fingerprint density at radius 3 is 0.510 bits per heavy atom. The zero-order valence-corrected chi connectivity index (χ0v) is 37.6. The van der Waals surface area contributed by atoms with Crippen molar-refractivity contribution in [3.8, 4) is 0 Å². The number of rotatable bonds is 6. The number of aliphatic hydroxyl groups excluding tert-OH is 2. The molecule has 49 heavy (non-hydrogen) atoms. The Morgan fingerprint density at radius 2 is 0.408 bits per heavy atom. The first-order valence-electron chi connectivity index (χ1n) is 21.9. The van der Waals surface area contributed by atoms with Crippen LogP contribution >= 0.6 is 0 Å². The Bertz CT molecular complexity index is 630. The van der Waals surface area contributed by atoms with Crippen LogP contribution in [0, 0.1) is 0 Å². The van der Waals surface area contributed by atoms with Crippen LogP contribution in [0.5, 0.6) is 0 Å². The van der Waals surface area contributed by atoms with Gasteiger partial charge in [-0.3, -0.25) is 0 Å². The molecule has 0 spiro atoms. The molecular formula is C42H84O4Si2Zr. The second kappa shape index (κ2) is 25.3. The number of hydrogen-bond acceptors (Lipinski definition) is 4. The van der Waals surface area contributed by atoms with Crippen molar-refractivity contribution in [2.45, 2.75) is 266 Å². The molecule has 0 bridgehead atoms. The third kappa shape index (κ3) is 15.1. The van der Waals surface area contributed by atoms with Gasteiger partial charge in [0.15, 0.2) is 16.6 Å². The van der Waals surface area contributed by atoms with Gasteiger partial charge >= 0.3 is 0 Å². The monoisotopic (exact) mass is 798 g/mol. The van der Waals surface area contributed by atoms with Crippen LogP contribution in [0.3, 0.4) is 0 Å². The molecule has 6 aliphatic carbocycles. The minimum atomic E-state index is -2.05. The second-order valence-electron chi connectivity index (χ2n) is 18.0. The Balaban J connectivity index is 0.000000275. The standard InChI is InChI=1S/2C18H34OSi.2C3H8O.Zr/c2*19-20(16-10-4-1-5-11-16,17-12-6-2-7-13-17)18-14-8-3-9-15-18;2*1-3(2)4;/h2*16-19H,1-15H2;2*3-4H,1-2H3;. The van der Waals surface area contributed by atoms with E-state index in [0.29, 0.717) is 0 Å². The van der Waals surface area contributed by atoms with E-state index in [1.807, 2.05) is 0 Å². The van der Waals surface area contributed by atoms with Gasteiger partial charge in [0.05, 0.1) is 0 Å². The molecule has 6 fully saturated rings. The molecule has 0 saturated heterocycles. The quantitative estimate of drug-likeness (QED) is 0.202. The summed E-state index contributed by atoms with van der Waals surface area (Å²) in [4.78, 5) is 24.0. The fourth-order valence-corrected chi connectivity index (χ4v) is 23.4.